The van der Waals surface area contributed by atoms with E-state index in [1.807, 2.05) is 0 Å². The lowest BCUT2D eigenvalue weighted by molar-refractivity contribution is -0.131. The SMILES string of the molecule is O=C1CCN(Cc2ccc[nH]c2=O)C(=O)N1Cc1cncs1. The molecule has 7 nitrogen and oxygen atoms in total. The first-order valence-electron chi connectivity index (χ1n) is 6.78. The van der Waals surface area contributed by atoms with Crippen molar-refractivity contribution in [3.8, 4) is 0 Å². The Balaban J connectivity index is 1.76. The molecule has 0 radical (unpaired) electrons. The van der Waals surface area contributed by atoms with Crippen LogP contribution in [0.2, 0.25) is 0 Å². The van der Waals surface area contributed by atoms with Gasteiger partial charge in [-0.15, -0.1) is 11.3 Å². The van der Waals surface area contributed by atoms with E-state index in [-0.39, 0.29) is 37.0 Å². The third-order valence-corrected chi connectivity index (χ3v) is 4.22. The number of pyridine rings is 1. The van der Waals surface area contributed by atoms with E-state index in [2.05, 4.69) is 9.97 Å². The first kappa shape index (κ1) is 14.5. The fraction of sp³-hybridized carbons (Fsp3) is 0.286. The van der Waals surface area contributed by atoms with Gasteiger partial charge in [-0.25, -0.2) is 4.79 Å². The van der Waals surface area contributed by atoms with Crippen LogP contribution in [0.15, 0.2) is 34.8 Å². The Bertz CT molecular complexity index is 741. The number of nitrogens with one attached hydrogen (secondary N) is 1. The number of carbonyl (C=O) groups is 2. The molecule has 0 unspecified atom stereocenters. The lowest BCUT2D eigenvalue weighted by Crippen LogP contribution is -2.51. The molecule has 3 heterocycles. The molecule has 1 aliphatic rings. The number of aromatic nitrogens is 2. The van der Waals surface area contributed by atoms with E-state index in [4.69, 9.17) is 0 Å². The molecule has 1 saturated heterocycles. The van der Waals surface area contributed by atoms with Gasteiger partial charge >= 0.3 is 6.03 Å². The summed E-state index contributed by atoms with van der Waals surface area (Å²) in [6.07, 6.45) is 3.45. The molecule has 3 amide bonds. The van der Waals surface area contributed by atoms with Crippen molar-refractivity contribution in [1.29, 1.82) is 0 Å². The maximum Gasteiger partial charge on any atom is 0.327 e. The molecular weight excluding hydrogens is 304 g/mol. The highest BCUT2D eigenvalue weighted by Gasteiger charge is 2.32. The van der Waals surface area contributed by atoms with E-state index in [0.717, 1.165) is 4.88 Å². The molecule has 1 fully saturated rings. The molecule has 22 heavy (non-hydrogen) atoms. The Morgan fingerprint density at radius 3 is 2.86 bits per heavy atom. The molecule has 2 aromatic heterocycles. The first-order chi connectivity index (χ1) is 10.6. The second-order valence-electron chi connectivity index (χ2n) is 4.93. The highest BCUT2D eigenvalue weighted by Crippen LogP contribution is 2.18. The van der Waals surface area contributed by atoms with Crippen LogP contribution in [0.5, 0.6) is 0 Å². The molecule has 3 rings (SSSR count). The molecule has 0 atom stereocenters. The van der Waals surface area contributed by atoms with E-state index >= 15 is 0 Å². The third-order valence-electron chi connectivity index (χ3n) is 3.46. The number of carbonyl (C=O) groups excluding carboxylic acids is 2. The quantitative estimate of drug-likeness (QED) is 0.917. The van der Waals surface area contributed by atoms with Crippen LogP contribution in [-0.2, 0) is 17.9 Å². The number of hydrogen-bond acceptors (Lipinski definition) is 5. The van der Waals surface area contributed by atoms with Crippen molar-refractivity contribution in [2.45, 2.75) is 19.5 Å². The standard InChI is InChI=1S/C14H14N4O3S/c19-12-3-5-17(7-10-2-1-4-16-13(10)20)14(21)18(12)8-11-6-15-9-22-11/h1-2,4,6,9H,3,5,7-8H2,(H,16,20). The summed E-state index contributed by atoms with van der Waals surface area (Å²) in [6, 6.07) is 3.02. The minimum absolute atomic E-state index is 0.196. The molecule has 0 aliphatic carbocycles. The van der Waals surface area contributed by atoms with Gasteiger partial charge in [0.1, 0.15) is 0 Å². The predicted molar refractivity (Wildman–Crippen MR) is 80.1 cm³/mol. The first-order valence-corrected chi connectivity index (χ1v) is 7.66. The molecule has 2 aromatic rings. The van der Waals surface area contributed by atoms with Gasteiger partial charge in [-0.1, -0.05) is 6.07 Å². The van der Waals surface area contributed by atoms with E-state index in [1.165, 1.54) is 21.1 Å². The van der Waals surface area contributed by atoms with Gasteiger partial charge in [0, 0.05) is 35.8 Å². The highest BCUT2D eigenvalue weighted by molar-refractivity contribution is 7.09. The monoisotopic (exact) mass is 318 g/mol. The molecule has 0 bridgehead atoms. The Kier molecular flexibility index (Phi) is 4.01. The van der Waals surface area contributed by atoms with Gasteiger partial charge in [-0.3, -0.25) is 19.5 Å². The van der Waals surface area contributed by atoms with Crippen molar-refractivity contribution in [3.05, 3.63) is 50.8 Å². The van der Waals surface area contributed by atoms with Crippen LogP contribution in [0.25, 0.3) is 0 Å². The second-order valence-corrected chi connectivity index (χ2v) is 5.90. The van der Waals surface area contributed by atoms with Crippen molar-refractivity contribution >= 4 is 23.3 Å². The minimum Gasteiger partial charge on any atom is -0.329 e. The largest absolute Gasteiger partial charge is 0.329 e. The lowest BCUT2D eigenvalue weighted by atomic mass is 10.2. The molecule has 1 N–H and O–H groups in total. The van der Waals surface area contributed by atoms with Crippen molar-refractivity contribution in [2.75, 3.05) is 6.54 Å². The molecule has 8 heteroatoms. The number of nitrogens with zero attached hydrogens (tertiary/aromatic N) is 3. The van der Waals surface area contributed by atoms with Gasteiger partial charge < -0.3 is 9.88 Å². The normalized spacial score (nSPS) is 15.5. The van der Waals surface area contributed by atoms with Crippen LogP contribution in [0.3, 0.4) is 0 Å². The number of rotatable bonds is 4. The van der Waals surface area contributed by atoms with Gasteiger partial charge in [0.2, 0.25) is 5.91 Å². The van der Waals surface area contributed by atoms with Gasteiger partial charge in [0.25, 0.3) is 5.56 Å². The summed E-state index contributed by atoms with van der Waals surface area (Å²) in [5, 5.41) is 0. The highest BCUT2D eigenvalue weighted by atomic mass is 32.1. The predicted octanol–water partition coefficient (Wildman–Crippen LogP) is 1.19. The maximum atomic E-state index is 12.5. The number of thiazole rings is 1. The van der Waals surface area contributed by atoms with Crippen molar-refractivity contribution in [3.63, 3.8) is 0 Å². The summed E-state index contributed by atoms with van der Waals surface area (Å²) in [5.41, 5.74) is 1.94. The summed E-state index contributed by atoms with van der Waals surface area (Å²) >= 11 is 1.40. The van der Waals surface area contributed by atoms with E-state index in [1.54, 1.807) is 30.0 Å². The van der Waals surface area contributed by atoms with Gasteiger partial charge in [0.05, 0.1) is 18.6 Å². The van der Waals surface area contributed by atoms with Gasteiger partial charge in [0.15, 0.2) is 0 Å². The Hall–Kier alpha value is -2.48. The third kappa shape index (κ3) is 2.91. The molecule has 0 spiro atoms. The Labute approximate surface area is 130 Å². The summed E-state index contributed by atoms with van der Waals surface area (Å²) in [7, 11) is 0. The summed E-state index contributed by atoms with van der Waals surface area (Å²) in [5.74, 6) is -0.198. The summed E-state index contributed by atoms with van der Waals surface area (Å²) < 4.78 is 0. The Morgan fingerprint density at radius 1 is 1.27 bits per heavy atom. The molecular formula is C14H14N4O3S. The fourth-order valence-electron chi connectivity index (χ4n) is 2.30. The van der Waals surface area contributed by atoms with E-state index in [9.17, 15) is 14.4 Å². The van der Waals surface area contributed by atoms with Crippen LogP contribution < -0.4 is 5.56 Å². The summed E-state index contributed by atoms with van der Waals surface area (Å²) in [6.45, 7) is 0.747. The topological polar surface area (TPSA) is 86.4 Å². The van der Waals surface area contributed by atoms with Crippen molar-refractivity contribution in [1.82, 2.24) is 19.8 Å². The van der Waals surface area contributed by atoms with Crippen LogP contribution in [0, 0.1) is 0 Å². The fourth-order valence-corrected chi connectivity index (χ4v) is 2.89. The lowest BCUT2D eigenvalue weighted by Gasteiger charge is -2.33. The number of aromatic amines is 1. The molecule has 0 saturated carbocycles. The average molecular weight is 318 g/mol. The van der Waals surface area contributed by atoms with Crippen LogP contribution in [0.4, 0.5) is 4.79 Å². The number of imide groups is 1. The smallest absolute Gasteiger partial charge is 0.327 e. The minimum atomic E-state index is -0.368. The van der Waals surface area contributed by atoms with Crippen LogP contribution >= 0.6 is 11.3 Å². The van der Waals surface area contributed by atoms with Gasteiger partial charge in [-0.2, -0.15) is 0 Å². The summed E-state index contributed by atoms with van der Waals surface area (Å²) in [4.78, 5) is 46.3. The number of urea groups is 1. The number of amides is 3. The zero-order valence-corrected chi connectivity index (χ0v) is 12.5. The maximum absolute atomic E-state index is 12.5. The molecule has 114 valence electrons. The van der Waals surface area contributed by atoms with Gasteiger partial charge in [-0.05, 0) is 6.07 Å². The van der Waals surface area contributed by atoms with E-state index in [0.29, 0.717) is 12.1 Å². The molecule has 1 aliphatic heterocycles. The number of hydrogen-bond donors (Lipinski definition) is 1. The van der Waals surface area contributed by atoms with Crippen molar-refractivity contribution < 1.29 is 9.59 Å². The van der Waals surface area contributed by atoms with Crippen LogP contribution in [0.1, 0.15) is 16.9 Å². The number of H-pyrrole nitrogens is 1. The Morgan fingerprint density at radius 2 is 2.14 bits per heavy atom. The van der Waals surface area contributed by atoms with Crippen LogP contribution in [-0.4, -0.2) is 38.3 Å². The second kappa shape index (κ2) is 6.10. The zero-order valence-electron chi connectivity index (χ0n) is 11.7. The van der Waals surface area contributed by atoms with E-state index < -0.39 is 0 Å². The average Bonchev–Trinajstić information content (AvgIpc) is 3.01. The zero-order chi connectivity index (χ0) is 15.5. The van der Waals surface area contributed by atoms with Crippen molar-refractivity contribution in [2.24, 2.45) is 0 Å². The molecule has 0 aromatic carbocycles.